The highest BCUT2D eigenvalue weighted by molar-refractivity contribution is 6.32. The van der Waals surface area contributed by atoms with E-state index in [1.54, 1.807) is 6.07 Å². The largest absolute Gasteiger partial charge is 0.399 e. The first-order chi connectivity index (χ1) is 6.66. The molecule has 4 heteroatoms. The summed E-state index contributed by atoms with van der Waals surface area (Å²) >= 11 is 5.86. The Balaban J connectivity index is 2.37. The van der Waals surface area contributed by atoms with Crippen molar-refractivity contribution < 1.29 is 4.79 Å². The molecule has 1 aromatic rings. The molecular weight excluding hydrogens is 200 g/mol. The van der Waals surface area contributed by atoms with Crippen LogP contribution < -0.4 is 11.1 Å². The minimum atomic E-state index is -0.441. The molecule has 0 saturated carbocycles. The number of fused-ring (bicyclic) bond motifs is 1. The van der Waals surface area contributed by atoms with Crippen LogP contribution in [-0.4, -0.2) is 11.3 Å². The van der Waals surface area contributed by atoms with Gasteiger partial charge >= 0.3 is 0 Å². The smallest absolute Gasteiger partial charge is 0.242 e. The summed E-state index contributed by atoms with van der Waals surface area (Å²) in [4.78, 5) is 11.4. The third kappa shape index (κ3) is 1.68. The molecule has 0 radical (unpaired) electrons. The molecular formula is C10H11ClN2O. The quantitative estimate of drug-likeness (QED) is 0.507. The lowest BCUT2D eigenvalue weighted by molar-refractivity contribution is -0.115. The average Bonchev–Trinajstić information content (AvgIpc) is 2.29. The predicted molar refractivity (Wildman–Crippen MR) is 57.4 cm³/mol. The number of aryl methyl sites for hydroxylation is 1. The van der Waals surface area contributed by atoms with E-state index in [1.807, 2.05) is 12.1 Å². The summed E-state index contributed by atoms with van der Waals surface area (Å²) in [5, 5.41) is 2.33. The first kappa shape index (κ1) is 9.34. The number of hydrogen-bond acceptors (Lipinski definition) is 2. The Bertz CT molecular complexity index is 378. The molecule has 0 saturated heterocycles. The van der Waals surface area contributed by atoms with Crippen LogP contribution >= 0.6 is 11.6 Å². The summed E-state index contributed by atoms with van der Waals surface area (Å²) < 4.78 is 0. The van der Waals surface area contributed by atoms with E-state index in [9.17, 15) is 4.79 Å². The number of hydrogen-bond donors (Lipinski definition) is 2. The van der Waals surface area contributed by atoms with E-state index < -0.39 is 5.38 Å². The van der Waals surface area contributed by atoms with Crippen molar-refractivity contribution in [3.8, 4) is 0 Å². The molecule has 0 bridgehead atoms. The maximum atomic E-state index is 11.4. The zero-order valence-corrected chi connectivity index (χ0v) is 8.34. The summed E-state index contributed by atoms with van der Waals surface area (Å²) in [6.07, 6.45) is 1.44. The molecule has 3 nitrogen and oxygen atoms in total. The van der Waals surface area contributed by atoms with Crippen LogP contribution in [0.5, 0.6) is 0 Å². The number of rotatable bonds is 0. The monoisotopic (exact) mass is 210 g/mol. The van der Waals surface area contributed by atoms with Gasteiger partial charge in [0.1, 0.15) is 5.38 Å². The molecule has 0 fully saturated rings. The van der Waals surface area contributed by atoms with E-state index in [4.69, 9.17) is 17.3 Å². The molecule has 1 aliphatic heterocycles. The van der Waals surface area contributed by atoms with Gasteiger partial charge in [-0.05, 0) is 36.6 Å². The van der Waals surface area contributed by atoms with Crippen LogP contribution in [0.3, 0.4) is 0 Å². The number of nitrogens with two attached hydrogens (primary N) is 1. The first-order valence-electron chi connectivity index (χ1n) is 4.50. The van der Waals surface area contributed by atoms with E-state index >= 15 is 0 Å². The second kappa shape index (κ2) is 3.50. The lowest BCUT2D eigenvalue weighted by atomic mass is 10.1. The molecule has 1 aliphatic rings. The lowest BCUT2D eigenvalue weighted by Gasteiger charge is -2.06. The highest BCUT2D eigenvalue weighted by Gasteiger charge is 2.20. The molecule has 0 aliphatic carbocycles. The minimum Gasteiger partial charge on any atom is -0.399 e. The van der Waals surface area contributed by atoms with Crippen molar-refractivity contribution in [2.45, 2.75) is 18.2 Å². The van der Waals surface area contributed by atoms with Gasteiger partial charge < -0.3 is 11.1 Å². The van der Waals surface area contributed by atoms with Gasteiger partial charge in [0.05, 0.1) is 0 Å². The molecule has 14 heavy (non-hydrogen) atoms. The number of nitrogens with one attached hydrogen (secondary N) is 1. The predicted octanol–water partition coefficient (Wildman–Crippen LogP) is 1.76. The number of alkyl halides is 1. The van der Waals surface area contributed by atoms with Gasteiger partial charge in [-0.2, -0.15) is 0 Å². The van der Waals surface area contributed by atoms with Crippen LogP contribution in [0.1, 0.15) is 12.0 Å². The van der Waals surface area contributed by atoms with E-state index in [0.717, 1.165) is 17.7 Å². The van der Waals surface area contributed by atoms with Gasteiger partial charge in [-0.15, -0.1) is 11.6 Å². The summed E-state index contributed by atoms with van der Waals surface area (Å²) in [6, 6.07) is 5.47. The molecule has 74 valence electrons. The van der Waals surface area contributed by atoms with Crippen molar-refractivity contribution in [2.75, 3.05) is 11.1 Å². The number of halogens is 1. The number of amides is 1. The number of carbonyl (C=O) groups excluding carboxylic acids is 1. The van der Waals surface area contributed by atoms with Crippen LogP contribution in [0.2, 0.25) is 0 Å². The maximum Gasteiger partial charge on any atom is 0.242 e. The molecule has 0 spiro atoms. The van der Waals surface area contributed by atoms with Crippen LogP contribution in [0.25, 0.3) is 0 Å². The maximum absolute atomic E-state index is 11.4. The number of carbonyl (C=O) groups is 1. The van der Waals surface area contributed by atoms with Crippen LogP contribution in [0.15, 0.2) is 18.2 Å². The van der Waals surface area contributed by atoms with Crippen molar-refractivity contribution in [1.29, 1.82) is 0 Å². The van der Waals surface area contributed by atoms with Gasteiger partial charge in [0.25, 0.3) is 0 Å². The van der Waals surface area contributed by atoms with Crippen LogP contribution in [-0.2, 0) is 11.2 Å². The normalized spacial score (nSPS) is 20.9. The van der Waals surface area contributed by atoms with Gasteiger partial charge in [0, 0.05) is 11.4 Å². The lowest BCUT2D eigenvalue weighted by Crippen LogP contribution is -2.21. The van der Waals surface area contributed by atoms with E-state index in [0.29, 0.717) is 12.1 Å². The topological polar surface area (TPSA) is 55.1 Å². The summed E-state index contributed by atoms with van der Waals surface area (Å²) in [5.41, 5.74) is 8.25. The standard InChI is InChI=1S/C10H11ClN2O/c11-8-3-1-6-5-7(12)2-4-9(6)13-10(8)14/h2,4-5,8H,1,3,12H2,(H,13,14). The van der Waals surface area contributed by atoms with Gasteiger partial charge in [-0.25, -0.2) is 0 Å². The Hall–Kier alpha value is -1.22. The van der Waals surface area contributed by atoms with Crippen LogP contribution in [0, 0.1) is 0 Å². The fourth-order valence-electron chi connectivity index (χ4n) is 1.57. The minimum absolute atomic E-state index is 0.129. The third-order valence-electron chi connectivity index (χ3n) is 2.34. The first-order valence-corrected chi connectivity index (χ1v) is 4.94. The molecule has 3 N–H and O–H groups in total. The van der Waals surface area contributed by atoms with Crippen molar-refractivity contribution in [3.63, 3.8) is 0 Å². The number of benzene rings is 1. The van der Waals surface area contributed by atoms with Gasteiger partial charge in [-0.3, -0.25) is 4.79 Å². The van der Waals surface area contributed by atoms with Gasteiger partial charge in [0.2, 0.25) is 5.91 Å². The summed E-state index contributed by atoms with van der Waals surface area (Å²) in [6.45, 7) is 0. The second-order valence-electron chi connectivity index (χ2n) is 3.41. The molecule has 1 amide bonds. The fourth-order valence-corrected chi connectivity index (χ4v) is 1.73. The Morgan fingerprint density at radius 2 is 2.29 bits per heavy atom. The van der Waals surface area contributed by atoms with Crippen molar-refractivity contribution in [2.24, 2.45) is 0 Å². The van der Waals surface area contributed by atoms with Crippen molar-refractivity contribution in [3.05, 3.63) is 23.8 Å². The Kier molecular flexibility index (Phi) is 2.33. The molecule has 1 unspecified atom stereocenters. The van der Waals surface area contributed by atoms with E-state index in [-0.39, 0.29) is 5.91 Å². The van der Waals surface area contributed by atoms with Crippen molar-refractivity contribution in [1.82, 2.24) is 0 Å². The van der Waals surface area contributed by atoms with Crippen LogP contribution in [0.4, 0.5) is 11.4 Å². The van der Waals surface area contributed by atoms with E-state index in [1.165, 1.54) is 0 Å². The number of anilines is 2. The van der Waals surface area contributed by atoms with Gasteiger partial charge in [-0.1, -0.05) is 0 Å². The highest BCUT2D eigenvalue weighted by atomic mass is 35.5. The second-order valence-corrected chi connectivity index (χ2v) is 3.94. The average molecular weight is 211 g/mol. The molecule has 1 atom stereocenters. The van der Waals surface area contributed by atoms with Crippen molar-refractivity contribution >= 4 is 28.9 Å². The Morgan fingerprint density at radius 1 is 1.50 bits per heavy atom. The molecule has 1 heterocycles. The van der Waals surface area contributed by atoms with E-state index in [2.05, 4.69) is 5.32 Å². The third-order valence-corrected chi connectivity index (χ3v) is 2.76. The number of nitrogen functional groups attached to an aromatic ring is 1. The highest BCUT2D eigenvalue weighted by Crippen LogP contribution is 2.25. The summed E-state index contributed by atoms with van der Waals surface area (Å²) in [5.74, 6) is -0.129. The molecule has 2 rings (SSSR count). The summed E-state index contributed by atoms with van der Waals surface area (Å²) in [7, 11) is 0. The molecule has 1 aromatic carbocycles. The zero-order valence-electron chi connectivity index (χ0n) is 7.59. The fraction of sp³-hybridized carbons (Fsp3) is 0.300. The zero-order chi connectivity index (χ0) is 10.1. The van der Waals surface area contributed by atoms with Gasteiger partial charge in [0.15, 0.2) is 0 Å². The molecule has 0 aromatic heterocycles. The Morgan fingerprint density at radius 3 is 3.07 bits per heavy atom. The SMILES string of the molecule is Nc1ccc2c(c1)CCC(Cl)C(=O)N2. The Labute approximate surface area is 87.2 Å².